The summed E-state index contributed by atoms with van der Waals surface area (Å²) in [5.41, 5.74) is 2.98. The smallest absolute Gasteiger partial charge is 0.256 e. The van der Waals surface area contributed by atoms with Gasteiger partial charge >= 0.3 is 0 Å². The molecule has 0 aromatic heterocycles. The number of benzene rings is 3. The first-order valence-corrected chi connectivity index (χ1v) is 9.77. The minimum atomic E-state index is -1.90. The third-order valence-corrected chi connectivity index (χ3v) is 4.60. The summed E-state index contributed by atoms with van der Waals surface area (Å²) in [6.45, 7) is 0. The van der Waals surface area contributed by atoms with Gasteiger partial charge in [0.2, 0.25) is 3.79 Å². The highest BCUT2D eigenvalue weighted by Crippen LogP contribution is 2.29. The van der Waals surface area contributed by atoms with Gasteiger partial charge in [0.05, 0.1) is 12.8 Å². The number of methoxy groups -OCH3 is 1. The first-order chi connectivity index (χ1) is 13.9. The third kappa shape index (κ3) is 5.73. The van der Waals surface area contributed by atoms with Crippen LogP contribution in [0.1, 0.15) is 10.4 Å². The Bertz CT molecular complexity index is 997. The van der Waals surface area contributed by atoms with Crippen LogP contribution >= 0.6 is 34.8 Å². The number of ether oxygens (including phenoxy) is 1. The van der Waals surface area contributed by atoms with Crippen molar-refractivity contribution >= 4 is 52.2 Å². The molecule has 0 heterocycles. The van der Waals surface area contributed by atoms with Gasteiger partial charge in [-0.25, -0.2) is 4.99 Å². The fourth-order valence-corrected chi connectivity index (χ4v) is 2.84. The van der Waals surface area contributed by atoms with Crippen LogP contribution in [0.5, 0.6) is 5.75 Å². The molecule has 1 amide bonds. The van der Waals surface area contributed by atoms with Crippen LogP contribution in [0.2, 0.25) is 0 Å². The summed E-state index contributed by atoms with van der Waals surface area (Å²) >= 11 is 18.0. The Balaban J connectivity index is 1.80. The van der Waals surface area contributed by atoms with Crippen molar-refractivity contribution in [1.29, 1.82) is 0 Å². The fourth-order valence-electron chi connectivity index (χ4n) is 2.57. The molecule has 3 rings (SSSR count). The van der Waals surface area contributed by atoms with Gasteiger partial charge in [-0.3, -0.25) is 4.79 Å². The highest BCUT2D eigenvalue weighted by Gasteiger charge is 2.30. The molecule has 0 radical (unpaired) electrons. The number of amidine groups is 1. The number of alkyl halides is 3. The van der Waals surface area contributed by atoms with Crippen LogP contribution in [0.15, 0.2) is 83.9 Å². The van der Waals surface area contributed by atoms with Crippen molar-refractivity contribution in [2.45, 2.75) is 3.79 Å². The van der Waals surface area contributed by atoms with Crippen molar-refractivity contribution in [2.75, 3.05) is 7.11 Å². The standard InChI is InChI=1S/C22H17Cl3N2O2/c1-29-19-13-11-18(12-14-19)26-21(22(23,24)25)27-20(28)17-9-7-16(8-10-17)15-5-3-2-4-6-15/h2-14H,1H3,(H,26,27,28). The molecule has 0 saturated carbocycles. The minimum absolute atomic E-state index is 0.0928. The summed E-state index contributed by atoms with van der Waals surface area (Å²) in [4.78, 5) is 16.9. The van der Waals surface area contributed by atoms with Gasteiger partial charge in [-0.1, -0.05) is 77.3 Å². The number of carbonyl (C=O) groups is 1. The predicted molar refractivity (Wildman–Crippen MR) is 120 cm³/mol. The van der Waals surface area contributed by atoms with Gasteiger partial charge in [0.25, 0.3) is 5.91 Å². The molecule has 0 bridgehead atoms. The van der Waals surface area contributed by atoms with E-state index in [9.17, 15) is 4.79 Å². The Morgan fingerprint density at radius 2 is 1.45 bits per heavy atom. The van der Waals surface area contributed by atoms with Crippen LogP contribution < -0.4 is 10.1 Å². The summed E-state index contributed by atoms with van der Waals surface area (Å²) < 4.78 is 3.21. The van der Waals surface area contributed by atoms with Crippen molar-refractivity contribution < 1.29 is 9.53 Å². The molecule has 1 N–H and O–H groups in total. The second kappa shape index (κ2) is 9.31. The number of rotatable bonds is 4. The van der Waals surface area contributed by atoms with Crippen molar-refractivity contribution in [1.82, 2.24) is 5.32 Å². The van der Waals surface area contributed by atoms with Crippen LogP contribution in [-0.2, 0) is 0 Å². The highest BCUT2D eigenvalue weighted by atomic mass is 35.6. The monoisotopic (exact) mass is 446 g/mol. The zero-order chi connectivity index (χ0) is 20.9. The van der Waals surface area contributed by atoms with E-state index in [-0.39, 0.29) is 5.84 Å². The molecule has 0 aliphatic rings. The molecule has 148 valence electrons. The number of hydrogen-bond acceptors (Lipinski definition) is 3. The largest absolute Gasteiger partial charge is 0.497 e. The quantitative estimate of drug-likeness (QED) is 0.294. The average molecular weight is 448 g/mol. The number of halogens is 3. The summed E-state index contributed by atoms with van der Waals surface area (Å²) in [6.07, 6.45) is 0. The molecular formula is C22H17Cl3N2O2. The molecule has 0 aliphatic heterocycles. The van der Waals surface area contributed by atoms with E-state index < -0.39 is 9.70 Å². The van der Waals surface area contributed by atoms with Gasteiger partial charge in [0.1, 0.15) is 5.75 Å². The number of carbonyl (C=O) groups excluding carboxylic acids is 1. The molecule has 4 nitrogen and oxygen atoms in total. The minimum Gasteiger partial charge on any atom is -0.497 e. The lowest BCUT2D eigenvalue weighted by Crippen LogP contribution is -2.39. The molecule has 3 aromatic rings. The van der Waals surface area contributed by atoms with Crippen LogP contribution in [0.3, 0.4) is 0 Å². The zero-order valence-corrected chi connectivity index (χ0v) is 17.7. The zero-order valence-electron chi connectivity index (χ0n) is 15.4. The molecule has 29 heavy (non-hydrogen) atoms. The van der Waals surface area contributed by atoms with E-state index in [0.717, 1.165) is 11.1 Å². The Labute approximate surface area is 184 Å². The summed E-state index contributed by atoms with van der Waals surface area (Å²) in [6, 6.07) is 23.8. The van der Waals surface area contributed by atoms with Crippen molar-refractivity contribution in [3.8, 4) is 16.9 Å². The molecule has 0 atom stereocenters. The van der Waals surface area contributed by atoms with E-state index in [1.165, 1.54) is 0 Å². The average Bonchev–Trinajstić information content (AvgIpc) is 2.74. The molecule has 0 aliphatic carbocycles. The lowest BCUT2D eigenvalue weighted by molar-refractivity contribution is 0.0976. The molecule has 0 spiro atoms. The number of amides is 1. The molecule has 7 heteroatoms. The first kappa shape index (κ1) is 21.2. The predicted octanol–water partition coefficient (Wildman–Crippen LogP) is 6.19. The normalized spacial score (nSPS) is 11.8. The maximum atomic E-state index is 12.7. The summed E-state index contributed by atoms with van der Waals surface area (Å²) in [5.74, 6) is 0.148. The van der Waals surface area contributed by atoms with Crippen LogP contribution in [0.25, 0.3) is 11.1 Å². The second-order valence-electron chi connectivity index (χ2n) is 6.05. The number of nitrogens with zero attached hydrogens (tertiary/aromatic N) is 1. The fraction of sp³-hybridized carbons (Fsp3) is 0.0909. The van der Waals surface area contributed by atoms with Gasteiger partial charge in [-0.2, -0.15) is 0 Å². The van der Waals surface area contributed by atoms with E-state index in [4.69, 9.17) is 39.5 Å². The lowest BCUT2D eigenvalue weighted by atomic mass is 10.0. The van der Waals surface area contributed by atoms with E-state index >= 15 is 0 Å². The number of aliphatic imine (C=N–C) groups is 1. The maximum Gasteiger partial charge on any atom is 0.256 e. The van der Waals surface area contributed by atoms with E-state index in [1.807, 2.05) is 42.5 Å². The van der Waals surface area contributed by atoms with Crippen molar-refractivity contribution in [3.63, 3.8) is 0 Å². The number of hydrogen-bond donors (Lipinski definition) is 1. The van der Waals surface area contributed by atoms with Gasteiger partial charge in [0.15, 0.2) is 5.84 Å². The van der Waals surface area contributed by atoms with Gasteiger partial charge in [-0.05, 0) is 47.5 Å². The summed E-state index contributed by atoms with van der Waals surface area (Å²) in [5, 5.41) is 2.59. The summed E-state index contributed by atoms with van der Waals surface area (Å²) in [7, 11) is 1.56. The van der Waals surface area contributed by atoms with Crippen molar-refractivity contribution in [2.24, 2.45) is 4.99 Å². The van der Waals surface area contributed by atoms with E-state index in [0.29, 0.717) is 17.0 Å². The number of nitrogens with one attached hydrogen (secondary N) is 1. The Hall–Kier alpha value is -2.53. The molecule has 3 aromatic carbocycles. The van der Waals surface area contributed by atoms with Gasteiger partial charge in [-0.15, -0.1) is 0 Å². The Kier molecular flexibility index (Phi) is 6.80. The Morgan fingerprint density at radius 3 is 2.00 bits per heavy atom. The molecule has 0 fully saturated rings. The first-order valence-electron chi connectivity index (χ1n) is 8.63. The SMILES string of the molecule is COc1ccc(N=C(NC(=O)c2ccc(-c3ccccc3)cc2)C(Cl)(Cl)Cl)cc1. The van der Waals surface area contributed by atoms with Crippen molar-refractivity contribution in [3.05, 3.63) is 84.4 Å². The van der Waals surface area contributed by atoms with Gasteiger partial charge in [0, 0.05) is 5.56 Å². The van der Waals surface area contributed by atoms with Crippen LogP contribution in [0.4, 0.5) is 5.69 Å². The molecule has 0 saturated heterocycles. The highest BCUT2D eigenvalue weighted by molar-refractivity contribution is 6.77. The topological polar surface area (TPSA) is 50.7 Å². The maximum absolute atomic E-state index is 12.7. The van der Waals surface area contributed by atoms with Crippen LogP contribution in [0, 0.1) is 0 Å². The second-order valence-corrected chi connectivity index (χ2v) is 8.33. The van der Waals surface area contributed by atoms with Gasteiger partial charge < -0.3 is 10.1 Å². The molecule has 0 unspecified atom stereocenters. The molecular weight excluding hydrogens is 431 g/mol. The van der Waals surface area contributed by atoms with E-state index in [2.05, 4.69) is 10.3 Å². The van der Waals surface area contributed by atoms with E-state index in [1.54, 1.807) is 43.5 Å². The van der Waals surface area contributed by atoms with Crippen LogP contribution in [-0.4, -0.2) is 22.6 Å². The third-order valence-electron chi connectivity index (χ3n) is 4.07. The lowest BCUT2D eigenvalue weighted by Gasteiger charge is -2.16. The Morgan fingerprint density at radius 1 is 0.862 bits per heavy atom.